The summed E-state index contributed by atoms with van der Waals surface area (Å²) in [4.78, 5) is 12.1. The minimum absolute atomic E-state index is 0.201. The van der Waals surface area contributed by atoms with Gasteiger partial charge in [-0.05, 0) is 42.0 Å². The molecule has 0 aliphatic heterocycles. The predicted octanol–water partition coefficient (Wildman–Crippen LogP) is 1.12. The molecule has 0 fully saturated rings. The van der Waals surface area contributed by atoms with E-state index in [9.17, 15) is 4.79 Å². The van der Waals surface area contributed by atoms with E-state index < -0.39 is 5.54 Å². The predicted molar refractivity (Wildman–Crippen MR) is 75.3 cm³/mol. The van der Waals surface area contributed by atoms with Crippen molar-refractivity contribution in [3.63, 3.8) is 0 Å². The summed E-state index contributed by atoms with van der Waals surface area (Å²) >= 11 is 0. The summed E-state index contributed by atoms with van der Waals surface area (Å²) in [5.74, 6) is -0.201. The normalized spacial score (nSPS) is 13.8. The highest BCUT2D eigenvalue weighted by atomic mass is 16.2. The van der Waals surface area contributed by atoms with Crippen LogP contribution in [-0.2, 0) is 4.79 Å². The van der Waals surface area contributed by atoms with Crippen molar-refractivity contribution in [1.29, 1.82) is 0 Å². The molecule has 2 rings (SSSR count). The molecule has 7 heteroatoms. The lowest BCUT2D eigenvalue weighted by Crippen LogP contribution is -2.48. The third-order valence-electron chi connectivity index (χ3n) is 3.01. The summed E-state index contributed by atoms with van der Waals surface area (Å²) in [5.41, 5.74) is 6.55. The highest BCUT2D eigenvalue weighted by Gasteiger charge is 2.27. The van der Waals surface area contributed by atoms with Gasteiger partial charge in [-0.25, -0.2) is 4.68 Å². The van der Waals surface area contributed by atoms with E-state index in [-0.39, 0.29) is 5.91 Å². The summed E-state index contributed by atoms with van der Waals surface area (Å²) < 4.78 is 1.52. The summed E-state index contributed by atoms with van der Waals surface area (Å²) in [6.07, 6.45) is 2.97. The molecule has 0 aliphatic carbocycles. The van der Waals surface area contributed by atoms with Crippen LogP contribution in [0.3, 0.4) is 0 Å². The summed E-state index contributed by atoms with van der Waals surface area (Å²) in [6, 6.07) is 7.25. The van der Waals surface area contributed by atoms with Gasteiger partial charge in [0.2, 0.25) is 5.91 Å². The first-order chi connectivity index (χ1) is 9.53. The van der Waals surface area contributed by atoms with Crippen LogP contribution in [0.1, 0.15) is 26.7 Å². The second-order valence-electron chi connectivity index (χ2n) is 4.93. The maximum absolute atomic E-state index is 12.1. The number of hydrogen-bond acceptors (Lipinski definition) is 5. The SMILES string of the molecule is CCCC(C)(N)C(=O)Nc1cccc(-n2cnnn2)c1. The van der Waals surface area contributed by atoms with Crippen LogP contribution in [0.5, 0.6) is 0 Å². The maximum atomic E-state index is 12.1. The van der Waals surface area contributed by atoms with E-state index in [4.69, 9.17) is 5.73 Å². The number of tetrazole rings is 1. The lowest BCUT2D eigenvalue weighted by Gasteiger charge is -2.22. The van der Waals surface area contributed by atoms with Gasteiger partial charge in [-0.3, -0.25) is 4.79 Å². The lowest BCUT2D eigenvalue weighted by molar-refractivity contribution is -0.120. The van der Waals surface area contributed by atoms with Crippen molar-refractivity contribution < 1.29 is 4.79 Å². The van der Waals surface area contributed by atoms with Gasteiger partial charge in [-0.15, -0.1) is 5.10 Å². The Bertz CT molecular complexity index is 578. The van der Waals surface area contributed by atoms with Crippen LogP contribution in [0, 0.1) is 0 Å². The van der Waals surface area contributed by atoms with Crippen molar-refractivity contribution in [2.24, 2.45) is 5.73 Å². The number of aromatic nitrogens is 4. The Hall–Kier alpha value is -2.28. The van der Waals surface area contributed by atoms with Crippen molar-refractivity contribution in [2.45, 2.75) is 32.2 Å². The first kappa shape index (κ1) is 14.1. The number of benzene rings is 1. The second kappa shape index (κ2) is 5.79. The Kier molecular flexibility index (Phi) is 4.09. The number of nitrogens with zero attached hydrogens (tertiary/aromatic N) is 4. The molecule has 0 spiro atoms. The van der Waals surface area contributed by atoms with Crippen LogP contribution in [0.25, 0.3) is 5.69 Å². The number of nitrogens with one attached hydrogen (secondary N) is 1. The van der Waals surface area contributed by atoms with Gasteiger partial charge in [0.25, 0.3) is 0 Å². The number of rotatable bonds is 5. The molecule has 7 nitrogen and oxygen atoms in total. The fraction of sp³-hybridized carbons (Fsp3) is 0.385. The van der Waals surface area contributed by atoms with Crippen molar-refractivity contribution in [2.75, 3.05) is 5.32 Å². The average Bonchev–Trinajstić information content (AvgIpc) is 2.93. The molecule has 1 aromatic heterocycles. The number of hydrogen-bond donors (Lipinski definition) is 2. The van der Waals surface area contributed by atoms with E-state index in [2.05, 4.69) is 20.8 Å². The molecule has 20 heavy (non-hydrogen) atoms. The number of anilines is 1. The molecular weight excluding hydrogens is 256 g/mol. The van der Waals surface area contributed by atoms with Crippen molar-refractivity contribution in [3.05, 3.63) is 30.6 Å². The van der Waals surface area contributed by atoms with Gasteiger partial charge < -0.3 is 11.1 Å². The van der Waals surface area contributed by atoms with E-state index >= 15 is 0 Å². The Morgan fingerprint density at radius 1 is 1.50 bits per heavy atom. The third kappa shape index (κ3) is 3.18. The van der Waals surface area contributed by atoms with Crippen LogP contribution in [0.15, 0.2) is 30.6 Å². The van der Waals surface area contributed by atoms with Crippen LogP contribution < -0.4 is 11.1 Å². The molecule has 0 saturated heterocycles. The zero-order valence-electron chi connectivity index (χ0n) is 11.6. The minimum atomic E-state index is -0.875. The van der Waals surface area contributed by atoms with Gasteiger partial charge in [-0.2, -0.15) is 0 Å². The van der Waals surface area contributed by atoms with Crippen molar-refractivity contribution in [3.8, 4) is 5.69 Å². The van der Waals surface area contributed by atoms with Crippen LogP contribution in [0.2, 0.25) is 0 Å². The highest BCUT2D eigenvalue weighted by Crippen LogP contribution is 2.16. The van der Waals surface area contributed by atoms with Gasteiger partial charge in [0.1, 0.15) is 6.33 Å². The van der Waals surface area contributed by atoms with Gasteiger partial charge in [0, 0.05) is 5.69 Å². The largest absolute Gasteiger partial charge is 0.324 e. The molecule has 0 aliphatic rings. The van der Waals surface area contributed by atoms with Crippen molar-refractivity contribution in [1.82, 2.24) is 20.2 Å². The number of amides is 1. The van der Waals surface area contributed by atoms with Gasteiger partial charge in [-0.1, -0.05) is 19.4 Å². The zero-order valence-corrected chi connectivity index (χ0v) is 11.6. The lowest BCUT2D eigenvalue weighted by atomic mass is 9.96. The molecular formula is C13H18N6O. The van der Waals surface area contributed by atoms with E-state index in [1.165, 1.54) is 11.0 Å². The summed E-state index contributed by atoms with van der Waals surface area (Å²) in [6.45, 7) is 3.73. The zero-order chi connectivity index (χ0) is 14.6. The summed E-state index contributed by atoms with van der Waals surface area (Å²) in [5, 5.41) is 13.8. The van der Waals surface area contributed by atoms with E-state index in [0.29, 0.717) is 12.1 Å². The number of carbonyl (C=O) groups is 1. The Labute approximate surface area is 117 Å². The molecule has 1 heterocycles. The molecule has 2 aromatic rings. The third-order valence-corrected chi connectivity index (χ3v) is 3.01. The maximum Gasteiger partial charge on any atom is 0.244 e. The average molecular weight is 274 g/mol. The second-order valence-corrected chi connectivity index (χ2v) is 4.93. The quantitative estimate of drug-likeness (QED) is 0.851. The smallest absolute Gasteiger partial charge is 0.244 e. The van der Waals surface area contributed by atoms with E-state index in [0.717, 1.165) is 12.1 Å². The molecule has 1 unspecified atom stereocenters. The van der Waals surface area contributed by atoms with Gasteiger partial charge in [0.15, 0.2) is 0 Å². The molecule has 1 amide bonds. The molecule has 1 aromatic carbocycles. The first-order valence-electron chi connectivity index (χ1n) is 6.46. The Morgan fingerprint density at radius 2 is 2.30 bits per heavy atom. The van der Waals surface area contributed by atoms with E-state index in [1.807, 2.05) is 19.1 Å². The monoisotopic (exact) mass is 274 g/mol. The van der Waals surface area contributed by atoms with Gasteiger partial charge >= 0.3 is 0 Å². The van der Waals surface area contributed by atoms with Crippen LogP contribution in [-0.4, -0.2) is 31.7 Å². The molecule has 0 bridgehead atoms. The number of nitrogens with two attached hydrogens (primary N) is 1. The molecule has 1 atom stereocenters. The fourth-order valence-corrected chi connectivity index (χ4v) is 1.91. The molecule has 0 saturated carbocycles. The number of carbonyl (C=O) groups excluding carboxylic acids is 1. The van der Waals surface area contributed by atoms with Crippen LogP contribution >= 0.6 is 0 Å². The van der Waals surface area contributed by atoms with Crippen LogP contribution in [0.4, 0.5) is 5.69 Å². The molecule has 3 N–H and O–H groups in total. The molecule has 0 radical (unpaired) electrons. The highest BCUT2D eigenvalue weighted by molar-refractivity contribution is 5.97. The summed E-state index contributed by atoms with van der Waals surface area (Å²) in [7, 11) is 0. The Balaban J connectivity index is 2.14. The first-order valence-corrected chi connectivity index (χ1v) is 6.46. The minimum Gasteiger partial charge on any atom is -0.324 e. The van der Waals surface area contributed by atoms with Crippen molar-refractivity contribution >= 4 is 11.6 Å². The Morgan fingerprint density at radius 3 is 2.95 bits per heavy atom. The van der Waals surface area contributed by atoms with Gasteiger partial charge in [0.05, 0.1) is 11.2 Å². The van der Waals surface area contributed by atoms with E-state index in [1.54, 1.807) is 19.1 Å². The molecule has 106 valence electrons. The fourth-order valence-electron chi connectivity index (χ4n) is 1.91. The standard InChI is InChI=1S/C13H18N6O/c1-3-7-13(2,14)12(20)16-10-5-4-6-11(8-10)19-9-15-17-18-19/h4-6,8-9H,3,7,14H2,1-2H3,(H,16,20). The topological polar surface area (TPSA) is 98.7 Å².